The van der Waals surface area contributed by atoms with Crippen LogP contribution in [0.3, 0.4) is 0 Å². The van der Waals surface area contributed by atoms with E-state index in [9.17, 15) is 43.2 Å². The van der Waals surface area contributed by atoms with Gasteiger partial charge in [0, 0.05) is 25.7 Å². The number of aliphatic hydroxyl groups excluding tert-OH is 1. The molecule has 0 spiro atoms. The van der Waals surface area contributed by atoms with Crippen LogP contribution in [0.5, 0.6) is 0 Å². The second-order valence-corrected chi connectivity index (χ2v) is 33.5. The number of ether oxygens (including phenoxy) is 4. The minimum absolute atomic E-state index is 0.102. The smallest absolute Gasteiger partial charge is 0.462 e. The molecular formula is C85H162O17P2. The number of carbonyl (C=O) groups excluding carboxylic acids is 4. The quantitative estimate of drug-likeness (QED) is 0.0169. The van der Waals surface area contributed by atoms with E-state index in [0.717, 1.165) is 121 Å². The predicted octanol–water partition coefficient (Wildman–Crippen LogP) is 25.4. The minimum Gasteiger partial charge on any atom is -0.462 e. The van der Waals surface area contributed by atoms with Crippen LogP contribution in [0.25, 0.3) is 0 Å². The van der Waals surface area contributed by atoms with Gasteiger partial charge in [0.1, 0.15) is 19.3 Å². The maximum absolute atomic E-state index is 13.1. The van der Waals surface area contributed by atoms with Crippen LogP contribution in [0.2, 0.25) is 0 Å². The molecule has 0 heterocycles. The number of phosphoric acid groups is 2. The maximum atomic E-state index is 13.1. The number of hydrogen-bond acceptors (Lipinski definition) is 15. The summed E-state index contributed by atoms with van der Waals surface area (Å²) in [5.74, 6) is -0.522. The Morgan fingerprint density at radius 1 is 0.317 bits per heavy atom. The number of rotatable bonds is 82. The van der Waals surface area contributed by atoms with Crippen LogP contribution in [-0.2, 0) is 65.4 Å². The van der Waals surface area contributed by atoms with Crippen molar-refractivity contribution in [1.82, 2.24) is 0 Å². The minimum atomic E-state index is -4.97. The number of unbranched alkanes of at least 4 members (excludes halogenated alkanes) is 48. The molecule has 3 N–H and O–H groups in total. The van der Waals surface area contributed by atoms with Gasteiger partial charge >= 0.3 is 39.5 Å². The van der Waals surface area contributed by atoms with Gasteiger partial charge in [0.15, 0.2) is 12.2 Å². The molecule has 0 aliphatic heterocycles. The van der Waals surface area contributed by atoms with Crippen molar-refractivity contribution in [3.8, 4) is 0 Å². The van der Waals surface area contributed by atoms with E-state index in [0.29, 0.717) is 25.7 Å². The summed E-state index contributed by atoms with van der Waals surface area (Å²) in [6.07, 6.45) is 70.1. The number of carbonyl (C=O) groups is 4. The molecule has 0 saturated carbocycles. The van der Waals surface area contributed by atoms with Crippen LogP contribution in [0.15, 0.2) is 24.3 Å². The summed E-state index contributed by atoms with van der Waals surface area (Å²) < 4.78 is 68.8. The van der Waals surface area contributed by atoms with Gasteiger partial charge in [-0.05, 0) is 63.2 Å². The number of allylic oxidation sites excluding steroid dienone is 4. The first-order valence-electron chi connectivity index (χ1n) is 43.3. The lowest BCUT2D eigenvalue weighted by atomic mass is 9.99. The van der Waals surface area contributed by atoms with Gasteiger partial charge < -0.3 is 33.8 Å². The van der Waals surface area contributed by atoms with E-state index in [-0.39, 0.29) is 25.7 Å². The van der Waals surface area contributed by atoms with Crippen molar-refractivity contribution < 1.29 is 80.2 Å². The molecule has 6 atom stereocenters. The first kappa shape index (κ1) is 102. The second-order valence-electron chi connectivity index (χ2n) is 30.6. The number of esters is 4. The third-order valence-corrected chi connectivity index (χ3v) is 21.6. The van der Waals surface area contributed by atoms with Crippen molar-refractivity contribution in [1.29, 1.82) is 0 Å². The molecular weight excluding hydrogens is 1350 g/mol. The normalized spacial score (nSPS) is 14.2. The molecule has 0 aromatic carbocycles. The fraction of sp³-hybridized carbons (Fsp3) is 0.906. The lowest BCUT2D eigenvalue weighted by molar-refractivity contribution is -0.161. The SMILES string of the molecule is CCCCCC/C=C\C=C/CCCCCCCC(=O)OC[C@H](COP(=O)(O)OC[C@@H](O)COP(=O)(O)OC[C@@H](COC(=O)CCCCCCCCCCCC(C)C)OC(=O)CCCCCCCCCCCCCCCCC)OC(=O)CCCCCCCCCCCCCCCCCCCCC(C)CC. The molecule has 0 amide bonds. The molecule has 104 heavy (non-hydrogen) atoms. The molecule has 0 bridgehead atoms. The van der Waals surface area contributed by atoms with Gasteiger partial charge in [0.2, 0.25) is 0 Å². The summed E-state index contributed by atoms with van der Waals surface area (Å²) in [6, 6.07) is 0. The van der Waals surface area contributed by atoms with Gasteiger partial charge in [-0.3, -0.25) is 37.3 Å². The third kappa shape index (κ3) is 76.3. The topological polar surface area (TPSA) is 237 Å². The van der Waals surface area contributed by atoms with E-state index < -0.39 is 97.5 Å². The van der Waals surface area contributed by atoms with Gasteiger partial charge in [0.25, 0.3) is 0 Å². The van der Waals surface area contributed by atoms with Crippen LogP contribution < -0.4 is 0 Å². The first-order chi connectivity index (χ1) is 50.4. The Kier molecular flexibility index (Phi) is 74.1. The molecule has 0 radical (unpaired) electrons. The van der Waals surface area contributed by atoms with Crippen LogP contribution in [0, 0.1) is 11.8 Å². The van der Waals surface area contributed by atoms with Gasteiger partial charge in [0.05, 0.1) is 26.4 Å². The molecule has 0 aromatic heterocycles. The Balaban J connectivity index is 5.27. The molecule has 3 unspecified atom stereocenters. The van der Waals surface area contributed by atoms with E-state index in [2.05, 4.69) is 65.8 Å². The third-order valence-electron chi connectivity index (χ3n) is 19.7. The summed E-state index contributed by atoms with van der Waals surface area (Å²) >= 11 is 0. The highest BCUT2D eigenvalue weighted by atomic mass is 31.2. The van der Waals surface area contributed by atoms with E-state index in [1.807, 2.05) is 0 Å². The zero-order valence-electron chi connectivity index (χ0n) is 67.8. The Labute approximate surface area is 637 Å². The zero-order chi connectivity index (χ0) is 76.4. The highest BCUT2D eigenvalue weighted by Crippen LogP contribution is 2.45. The van der Waals surface area contributed by atoms with E-state index in [1.54, 1.807) is 0 Å². The van der Waals surface area contributed by atoms with E-state index in [4.69, 9.17) is 37.0 Å². The molecule has 0 aromatic rings. The molecule has 19 heteroatoms. The monoisotopic (exact) mass is 1520 g/mol. The predicted molar refractivity (Wildman–Crippen MR) is 427 cm³/mol. The highest BCUT2D eigenvalue weighted by Gasteiger charge is 2.30. The molecule has 17 nitrogen and oxygen atoms in total. The zero-order valence-corrected chi connectivity index (χ0v) is 69.6. The van der Waals surface area contributed by atoms with Gasteiger partial charge in [-0.2, -0.15) is 0 Å². The van der Waals surface area contributed by atoms with Crippen molar-refractivity contribution in [2.45, 2.75) is 445 Å². The van der Waals surface area contributed by atoms with Crippen LogP contribution >= 0.6 is 15.6 Å². The van der Waals surface area contributed by atoms with E-state index >= 15 is 0 Å². The number of hydrogen-bond donors (Lipinski definition) is 3. The Hall–Kier alpha value is -2.46. The summed E-state index contributed by atoms with van der Waals surface area (Å²) in [6.45, 7) is 9.64. The summed E-state index contributed by atoms with van der Waals surface area (Å²) in [5, 5.41) is 10.7. The molecule has 0 rings (SSSR count). The molecule has 0 saturated heterocycles. The fourth-order valence-electron chi connectivity index (χ4n) is 12.7. The second kappa shape index (κ2) is 75.9. The fourth-order valence-corrected chi connectivity index (χ4v) is 14.3. The van der Waals surface area contributed by atoms with Crippen molar-refractivity contribution in [2.24, 2.45) is 11.8 Å². The van der Waals surface area contributed by atoms with Crippen LogP contribution in [0.4, 0.5) is 0 Å². The Morgan fingerprint density at radius 2 is 0.567 bits per heavy atom. The highest BCUT2D eigenvalue weighted by molar-refractivity contribution is 7.47. The summed E-state index contributed by atoms with van der Waals surface area (Å²) in [7, 11) is -9.94. The van der Waals surface area contributed by atoms with Gasteiger partial charge in [-0.1, -0.05) is 374 Å². The lowest BCUT2D eigenvalue weighted by Crippen LogP contribution is -2.30. The maximum Gasteiger partial charge on any atom is 0.472 e. The van der Waals surface area contributed by atoms with Crippen molar-refractivity contribution in [3.05, 3.63) is 24.3 Å². The van der Waals surface area contributed by atoms with Gasteiger partial charge in [-0.15, -0.1) is 0 Å². The summed E-state index contributed by atoms with van der Waals surface area (Å²) in [4.78, 5) is 73.2. The van der Waals surface area contributed by atoms with Crippen molar-refractivity contribution in [2.75, 3.05) is 39.6 Å². The molecule has 0 aliphatic rings. The molecule has 0 aliphatic carbocycles. The van der Waals surface area contributed by atoms with Crippen LogP contribution in [0.1, 0.15) is 427 Å². The van der Waals surface area contributed by atoms with Crippen molar-refractivity contribution >= 4 is 39.5 Å². The van der Waals surface area contributed by atoms with Crippen LogP contribution in [-0.4, -0.2) is 96.7 Å². The van der Waals surface area contributed by atoms with Crippen molar-refractivity contribution in [3.63, 3.8) is 0 Å². The molecule has 614 valence electrons. The summed E-state index contributed by atoms with van der Waals surface area (Å²) in [5.41, 5.74) is 0. The average Bonchev–Trinajstić information content (AvgIpc) is 0.910. The van der Waals surface area contributed by atoms with Gasteiger partial charge in [-0.25, -0.2) is 9.13 Å². The average molecular weight is 1520 g/mol. The lowest BCUT2D eigenvalue weighted by Gasteiger charge is -2.21. The number of phosphoric ester groups is 2. The Bertz CT molecular complexity index is 2090. The number of aliphatic hydroxyl groups is 1. The molecule has 0 fully saturated rings. The first-order valence-corrected chi connectivity index (χ1v) is 46.3. The van der Waals surface area contributed by atoms with E-state index in [1.165, 1.54) is 225 Å². The standard InChI is InChI=1S/C85H162O17P2/c1-7-10-12-14-16-18-20-22-28-33-37-43-49-55-61-67-82(87)95-73-80(101-85(90)70-64-58-52-45-39-35-31-27-25-24-26-30-32-36-42-48-54-60-66-78(6)9-3)75-99-103(91,92)97-71-79(86)72-98-104(93,94)100-76-81(74-96-83(88)68-62-56-50-46-40-41-47-53-59-65-77(4)5)102-84(89)69-63-57-51-44-38-34-29-23-21-19-17-15-13-11-8-2/h18,20,22,28,77-81,86H,7-17,19,21,23-27,29-76H2,1-6H3,(H,91,92)(H,93,94)/b20-18-,28-22-/t78?,79-,80-,81-/m1/s1. The Morgan fingerprint density at radius 3 is 0.865 bits per heavy atom. The largest absolute Gasteiger partial charge is 0.472 e.